The van der Waals surface area contributed by atoms with Gasteiger partial charge in [-0.1, -0.05) is 0 Å². The number of fused-ring (bicyclic) bond motifs is 1. The van der Waals surface area contributed by atoms with Crippen molar-refractivity contribution in [3.8, 4) is 0 Å². The molecular weight excluding hydrogens is 330 g/mol. The number of hydrogen-bond acceptors (Lipinski definition) is 6. The number of nitrogens with one attached hydrogen (secondary N) is 1. The molecule has 0 unspecified atom stereocenters. The van der Waals surface area contributed by atoms with E-state index in [-0.39, 0.29) is 11.6 Å². The van der Waals surface area contributed by atoms with Crippen molar-refractivity contribution in [2.24, 2.45) is 7.05 Å². The summed E-state index contributed by atoms with van der Waals surface area (Å²) in [4.78, 5) is 31.3. The van der Waals surface area contributed by atoms with Gasteiger partial charge in [0.1, 0.15) is 0 Å². The van der Waals surface area contributed by atoms with Gasteiger partial charge >= 0.3 is 5.97 Å². The van der Waals surface area contributed by atoms with E-state index < -0.39 is 5.97 Å². The summed E-state index contributed by atoms with van der Waals surface area (Å²) in [5.74, 6) is -1.28. The molecule has 3 rings (SSSR count). The van der Waals surface area contributed by atoms with Crippen LogP contribution in [0.15, 0.2) is 17.6 Å². The number of carboxylic acid groups (broad SMARTS) is 1. The smallest absolute Gasteiger partial charge is 0.355 e. The van der Waals surface area contributed by atoms with Crippen molar-refractivity contribution in [1.29, 1.82) is 0 Å². The van der Waals surface area contributed by atoms with Crippen LogP contribution in [-0.2, 0) is 13.5 Å². The van der Waals surface area contributed by atoms with Gasteiger partial charge in [-0.15, -0.1) is 11.3 Å². The van der Waals surface area contributed by atoms with Crippen LogP contribution in [0.1, 0.15) is 31.5 Å². The second-order valence-corrected chi connectivity index (χ2v) is 6.18. The van der Waals surface area contributed by atoms with Crippen molar-refractivity contribution in [1.82, 2.24) is 25.1 Å². The third kappa shape index (κ3) is 3.11. The van der Waals surface area contributed by atoms with Crippen LogP contribution in [0.3, 0.4) is 0 Å². The van der Waals surface area contributed by atoms with Crippen molar-refractivity contribution < 1.29 is 14.7 Å². The molecule has 3 heterocycles. The third-order valence-corrected chi connectivity index (χ3v) is 4.43. The average molecular weight is 345 g/mol. The van der Waals surface area contributed by atoms with Crippen LogP contribution in [0.25, 0.3) is 11.0 Å². The fourth-order valence-corrected chi connectivity index (χ4v) is 3.11. The predicted molar refractivity (Wildman–Crippen MR) is 88.4 cm³/mol. The lowest BCUT2D eigenvalue weighted by Crippen LogP contribution is -2.25. The predicted octanol–water partition coefficient (Wildman–Crippen LogP) is 1.40. The van der Waals surface area contributed by atoms with Gasteiger partial charge in [-0.2, -0.15) is 5.10 Å². The zero-order valence-electron chi connectivity index (χ0n) is 13.1. The first-order valence-electron chi connectivity index (χ1n) is 7.21. The standard InChI is InChI=1S/C15H15N5O3S/c1-8-10-5-9(6-17-13(10)20(2)19-8)14(21)16-4-3-12-18-11(7-24-12)15(22)23/h5-7H,3-4H2,1-2H3,(H,16,21)(H,22,23). The summed E-state index contributed by atoms with van der Waals surface area (Å²) < 4.78 is 1.68. The van der Waals surface area contributed by atoms with Crippen LogP contribution in [0.4, 0.5) is 0 Å². The van der Waals surface area contributed by atoms with Gasteiger partial charge in [0.25, 0.3) is 5.91 Å². The molecule has 0 bridgehead atoms. The summed E-state index contributed by atoms with van der Waals surface area (Å²) in [6.45, 7) is 2.24. The van der Waals surface area contributed by atoms with E-state index >= 15 is 0 Å². The van der Waals surface area contributed by atoms with Gasteiger partial charge < -0.3 is 10.4 Å². The first-order chi connectivity index (χ1) is 11.5. The van der Waals surface area contributed by atoms with Gasteiger partial charge in [-0.25, -0.2) is 14.8 Å². The molecule has 24 heavy (non-hydrogen) atoms. The molecule has 3 aromatic heterocycles. The monoisotopic (exact) mass is 345 g/mol. The van der Waals surface area contributed by atoms with Gasteiger partial charge in [-0.3, -0.25) is 9.48 Å². The Labute approximate surface area is 141 Å². The van der Waals surface area contributed by atoms with Gasteiger partial charge in [0, 0.05) is 37.0 Å². The molecule has 0 aromatic carbocycles. The number of pyridine rings is 1. The Morgan fingerprint density at radius 1 is 1.42 bits per heavy atom. The van der Waals surface area contributed by atoms with E-state index in [1.54, 1.807) is 10.7 Å². The molecule has 9 heteroatoms. The van der Waals surface area contributed by atoms with Gasteiger partial charge in [0.15, 0.2) is 11.3 Å². The Balaban J connectivity index is 1.64. The highest BCUT2D eigenvalue weighted by Gasteiger charge is 2.12. The molecule has 0 aliphatic rings. The Hall–Kier alpha value is -2.81. The topological polar surface area (TPSA) is 110 Å². The molecule has 3 aromatic rings. The Kier molecular flexibility index (Phi) is 4.26. The minimum absolute atomic E-state index is 0.0306. The van der Waals surface area contributed by atoms with Gasteiger partial charge in [0.05, 0.1) is 16.3 Å². The van der Waals surface area contributed by atoms with E-state index in [0.29, 0.717) is 23.5 Å². The molecular formula is C15H15N5O3S. The zero-order valence-corrected chi connectivity index (χ0v) is 13.9. The van der Waals surface area contributed by atoms with Crippen LogP contribution in [0, 0.1) is 6.92 Å². The molecule has 0 saturated heterocycles. The van der Waals surface area contributed by atoms with E-state index in [2.05, 4.69) is 20.4 Å². The molecule has 0 aliphatic heterocycles. The third-order valence-electron chi connectivity index (χ3n) is 3.52. The number of aromatic carboxylic acids is 1. The van der Waals surface area contributed by atoms with Crippen LogP contribution in [0.2, 0.25) is 0 Å². The molecule has 124 valence electrons. The van der Waals surface area contributed by atoms with Crippen LogP contribution in [0.5, 0.6) is 0 Å². The summed E-state index contributed by atoms with van der Waals surface area (Å²) >= 11 is 1.27. The van der Waals surface area contributed by atoms with Crippen molar-refractivity contribution in [2.45, 2.75) is 13.3 Å². The summed E-state index contributed by atoms with van der Waals surface area (Å²) in [5, 5.41) is 18.9. The minimum Gasteiger partial charge on any atom is -0.476 e. The van der Waals surface area contributed by atoms with Crippen LogP contribution in [-0.4, -0.2) is 43.3 Å². The lowest BCUT2D eigenvalue weighted by molar-refractivity contribution is 0.0690. The maximum Gasteiger partial charge on any atom is 0.355 e. The fraction of sp³-hybridized carbons (Fsp3) is 0.267. The molecule has 0 saturated carbocycles. The summed E-state index contributed by atoms with van der Waals surface area (Å²) in [6, 6.07) is 1.77. The number of aromatic nitrogens is 4. The van der Waals surface area contributed by atoms with Crippen molar-refractivity contribution in [3.63, 3.8) is 0 Å². The largest absolute Gasteiger partial charge is 0.476 e. The lowest BCUT2D eigenvalue weighted by atomic mass is 10.2. The highest BCUT2D eigenvalue weighted by molar-refractivity contribution is 7.09. The first kappa shape index (κ1) is 16.1. The number of amides is 1. The highest BCUT2D eigenvalue weighted by atomic mass is 32.1. The van der Waals surface area contributed by atoms with E-state index in [0.717, 1.165) is 16.7 Å². The van der Waals surface area contributed by atoms with Crippen molar-refractivity contribution in [3.05, 3.63) is 39.6 Å². The summed E-state index contributed by atoms with van der Waals surface area (Å²) in [7, 11) is 1.81. The maximum absolute atomic E-state index is 12.2. The number of thiazole rings is 1. The van der Waals surface area contributed by atoms with E-state index in [9.17, 15) is 9.59 Å². The molecule has 0 aliphatic carbocycles. The Bertz CT molecular complexity index is 930. The quantitative estimate of drug-likeness (QED) is 0.723. The van der Waals surface area contributed by atoms with E-state index in [4.69, 9.17) is 5.11 Å². The second-order valence-electron chi connectivity index (χ2n) is 5.24. The molecule has 0 spiro atoms. The number of hydrogen-bond donors (Lipinski definition) is 2. The van der Waals surface area contributed by atoms with E-state index in [1.165, 1.54) is 22.9 Å². The van der Waals surface area contributed by atoms with Gasteiger partial charge in [-0.05, 0) is 13.0 Å². The number of carbonyl (C=O) groups is 2. The fourth-order valence-electron chi connectivity index (χ4n) is 2.34. The highest BCUT2D eigenvalue weighted by Crippen LogP contribution is 2.16. The van der Waals surface area contributed by atoms with Gasteiger partial charge in [0.2, 0.25) is 0 Å². The van der Waals surface area contributed by atoms with Crippen molar-refractivity contribution in [2.75, 3.05) is 6.54 Å². The van der Waals surface area contributed by atoms with Crippen LogP contribution < -0.4 is 5.32 Å². The minimum atomic E-state index is -1.05. The first-order valence-corrected chi connectivity index (χ1v) is 8.09. The number of nitrogens with zero attached hydrogens (tertiary/aromatic N) is 4. The summed E-state index contributed by atoms with van der Waals surface area (Å²) in [6.07, 6.45) is 2.00. The lowest BCUT2D eigenvalue weighted by Gasteiger charge is -2.04. The Morgan fingerprint density at radius 3 is 2.92 bits per heavy atom. The van der Waals surface area contributed by atoms with E-state index in [1.807, 2.05) is 14.0 Å². The number of rotatable bonds is 5. The second kappa shape index (κ2) is 6.36. The SMILES string of the molecule is Cc1nn(C)c2ncc(C(=O)NCCc3nc(C(=O)O)cs3)cc12. The molecule has 8 nitrogen and oxygen atoms in total. The molecule has 0 atom stereocenters. The Morgan fingerprint density at radius 2 is 2.21 bits per heavy atom. The zero-order chi connectivity index (χ0) is 17.3. The number of carbonyl (C=O) groups excluding carboxylic acids is 1. The maximum atomic E-state index is 12.2. The van der Waals surface area contributed by atoms with Crippen molar-refractivity contribution >= 4 is 34.2 Å². The normalized spacial score (nSPS) is 10.9. The average Bonchev–Trinajstić information content (AvgIpc) is 3.13. The van der Waals surface area contributed by atoms with Crippen LogP contribution >= 0.6 is 11.3 Å². The number of aryl methyl sites for hydroxylation is 2. The molecule has 2 N–H and O–H groups in total. The summed E-state index contributed by atoms with van der Waals surface area (Å²) in [5.41, 5.74) is 2.04. The molecule has 1 amide bonds. The molecule has 0 fully saturated rings. The number of carboxylic acids is 1. The molecule has 0 radical (unpaired) electrons.